The van der Waals surface area contributed by atoms with E-state index in [1.807, 2.05) is 24.3 Å². The minimum Gasteiger partial charge on any atom is -0.384 e. The zero-order valence-electron chi connectivity index (χ0n) is 9.91. The largest absolute Gasteiger partial charge is 0.384 e. The van der Waals surface area contributed by atoms with E-state index in [0.29, 0.717) is 10.6 Å². The third-order valence-corrected chi connectivity index (χ3v) is 4.03. The van der Waals surface area contributed by atoms with E-state index in [0.717, 1.165) is 9.79 Å². The molecule has 2 nitrogen and oxygen atoms in total. The second-order valence-electron chi connectivity index (χ2n) is 3.92. The van der Waals surface area contributed by atoms with Crippen molar-refractivity contribution in [3.05, 3.63) is 58.6 Å². The lowest BCUT2D eigenvalue weighted by Crippen LogP contribution is -2.12. The molecule has 0 atom stereocenters. The van der Waals surface area contributed by atoms with Crippen molar-refractivity contribution in [2.24, 2.45) is 5.73 Å². The van der Waals surface area contributed by atoms with Crippen LogP contribution in [0.15, 0.2) is 52.3 Å². The third-order valence-electron chi connectivity index (χ3n) is 2.55. The summed E-state index contributed by atoms with van der Waals surface area (Å²) in [4.78, 5) is 2.10. The summed E-state index contributed by atoms with van der Waals surface area (Å²) < 4.78 is 0. The SMILES string of the molecule is Cc1ccccc1Sc1ccc(Cl)cc1C(=N)N. The summed E-state index contributed by atoms with van der Waals surface area (Å²) in [6.45, 7) is 2.06. The highest BCUT2D eigenvalue weighted by atomic mass is 35.5. The Kier molecular flexibility index (Phi) is 3.94. The first-order chi connectivity index (χ1) is 8.58. The van der Waals surface area contributed by atoms with Crippen molar-refractivity contribution < 1.29 is 0 Å². The van der Waals surface area contributed by atoms with Crippen molar-refractivity contribution in [1.82, 2.24) is 0 Å². The number of nitrogen functional groups attached to an aromatic ring is 1. The molecule has 0 radical (unpaired) electrons. The first kappa shape index (κ1) is 13.0. The Bertz CT molecular complexity index is 596. The molecule has 2 aromatic rings. The molecule has 0 aromatic heterocycles. The van der Waals surface area contributed by atoms with Crippen molar-refractivity contribution in [2.75, 3.05) is 0 Å². The summed E-state index contributed by atoms with van der Waals surface area (Å²) in [5, 5.41) is 8.19. The highest BCUT2D eigenvalue weighted by molar-refractivity contribution is 7.99. The molecule has 2 rings (SSSR count). The lowest BCUT2D eigenvalue weighted by atomic mass is 10.2. The van der Waals surface area contributed by atoms with E-state index < -0.39 is 0 Å². The molecule has 0 saturated heterocycles. The smallest absolute Gasteiger partial charge is 0.123 e. The van der Waals surface area contributed by atoms with Crippen molar-refractivity contribution in [2.45, 2.75) is 16.7 Å². The van der Waals surface area contributed by atoms with Gasteiger partial charge in [-0.25, -0.2) is 0 Å². The lowest BCUT2D eigenvalue weighted by molar-refractivity contribution is 1.28. The van der Waals surface area contributed by atoms with E-state index in [1.165, 1.54) is 5.56 Å². The van der Waals surface area contributed by atoms with Gasteiger partial charge in [0, 0.05) is 20.4 Å². The van der Waals surface area contributed by atoms with E-state index in [1.54, 1.807) is 17.8 Å². The second-order valence-corrected chi connectivity index (χ2v) is 5.44. The van der Waals surface area contributed by atoms with Crippen LogP contribution in [0.4, 0.5) is 0 Å². The van der Waals surface area contributed by atoms with Gasteiger partial charge in [0.15, 0.2) is 0 Å². The summed E-state index contributed by atoms with van der Waals surface area (Å²) in [7, 11) is 0. The molecule has 0 aliphatic carbocycles. The highest BCUT2D eigenvalue weighted by Crippen LogP contribution is 2.33. The average Bonchev–Trinajstić information content (AvgIpc) is 2.34. The van der Waals surface area contributed by atoms with Gasteiger partial charge in [0.2, 0.25) is 0 Å². The van der Waals surface area contributed by atoms with Crippen molar-refractivity contribution >= 4 is 29.2 Å². The number of hydrogen-bond acceptors (Lipinski definition) is 2. The predicted molar refractivity (Wildman–Crippen MR) is 77.8 cm³/mol. The quantitative estimate of drug-likeness (QED) is 0.655. The summed E-state index contributed by atoms with van der Waals surface area (Å²) >= 11 is 7.53. The molecule has 0 bridgehead atoms. The van der Waals surface area contributed by atoms with Crippen molar-refractivity contribution in [3.63, 3.8) is 0 Å². The van der Waals surface area contributed by atoms with Crippen LogP contribution in [-0.4, -0.2) is 5.84 Å². The van der Waals surface area contributed by atoms with Gasteiger partial charge in [-0.3, -0.25) is 5.41 Å². The number of aryl methyl sites for hydroxylation is 1. The molecular formula is C14H13ClN2S. The van der Waals surface area contributed by atoms with Gasteiger partial charge in [0.25, 0.3) is 0 Å². The van der Waals surface area contributed by atoms with Crippen LogP contribution in [0.25, 0.3) is 0 Å². The fourth-order valence-electron chi connectivity index (χ4n) is 1.59. The first-order valence-corrected chi connectivity index (χ1v) is 6.65. The van der Waals surface area contributed by atoms with Crippen LogP contribution in [0, 0.1) is 12.3 Å². The molecule has 18 heavy (non-hydrogen) atoms. The maximum atomic E-state index is 7.60. The molecule has 92 valence electrons. The number of rotatable bonds is 3. The minimum atomic E-state index is 0.0357. The lowest BCUT2D eigenvalue weighted by Gasteiger charge is -2.10. The molecule has 0 aliphatic rings. The average molecular weight is 277 g/mol. The maximum absolute atomic E-state index is 7.60. The first-order valence-electron chi connectivity index (χ1n) is 5.45. The molecule has 0 amide bonds. The van der Waals surface area contributed by atoms with Gasteiger partial charge >= 0.3 is 0 Å². The molecule has 4 heteroatoms. The normalized spacial score (nSPS) is 10.3. The van der Waals surface area contributed by atoms with Gasteiger partial charge in [-0.05, 0) is 36.8 Å². The fourth-order valence-corrected chi connectivity index (χ4v) is 2.79. The Hall–Kier alpha value is -1.45. The molecule has 0 unspecified atom stereocenters. The topological polar surface area (TPSA) is 49.9 Å². The highest BCUT2D eigenvalue weighted by Gasteiger charge is 2.09. The van der Waals surface area contributed by atoms with Crippen LogP contribution < -0.4 is 5.73 Å². The van der Waals surface area contributed by atoms with Crippen LogP contribution in [0.1, 0.15) is 11.1 Å². The minimum absolute atomic E-state index is 0.0357. The van der Waals surface area contributed by atoms with Crippen LogP contribution in [0.5, 0.6) is 0 Å². The molecule has 0 spiro atoms. The Morgan fingerprint density at radius 1 is 1.17 bits per heavy atom. The van der Waals surface area contributed by atoms with E-state index in [4.69, 9.17) is 22.7 Å². The predicted octanol–water partition coefficient (Wildman–Crippen LogP) is 4.08. The standard InChI is InChI=1S/C14H13ClN2S/c1-9-4-2-3-5-12(9)18-13-7-6-10(15)8-11(13)14(16)17/h2-8H,1H3,(H3,16,17). The van der Waals surface area contributed by atoms with Gasteiger partial charge in [-0.2, -0.15) is 0 Å². The van der Waals surface area contributed by atoms with Gasteiger partial charge < -0.3 is 5.73 Å². The van der Waals surface area contributed by atoms with Crippen molar-refractivity contribution in [3.8, 4) is 0 Å². The van der Waals surface area contributed by atoms with Crippen LogP contribution in [0.3, 0.4) is 0 Å². The molecule has 0 heterocycles. The van der Waals surface area contributed by atoms with Gasteiger partial charge in [0.1, 0.15) is 5.84 Å². The Labute approximate surface area is 116 Å². The molecule has 0 fully saturated rings. The van der Waals surface area contributed by atoms with Crippen LogP contribution in [-0.2, 0) is 0 Å². The third kappa shape index (κ3) is 2.86. The van der Waals surface area contributed by atoms with Gasteiger partial charge in [-0.1, -0.05) is 41.6 Å². The molecular weight excluding hydrogens is 264 g/mol. The molecule has 0 saturated carbocycles. The van der Waals surface area contributed by atoms with Gasteiger partial charge in [-0.15, -0.1) is 0 Å². The monoisotopic (exact) mass is 276 g/mol. The van der Waals surface area contributed by atoms with Crippen LogP contribution in [0.2, 0.25) is 5.02 Å². The summed E-state index contributed by atoms with van der Waals surface area (Å²) in [6, 6.07) is 13.6. The van der Waals surface area contributed by atoms with Crippen LogP contribution >= 0.6 is 23.4 Å². The summed E-state index contributed by atoms with van der Waals surface area (Å²) in [5.41, 5.74) is 7.46. The summed E-state index contributed by atoms with van der Waals surface area (Å²) in [5.74, 6) is 0.0357. The zero-order valence-corrected chi connectivity index (χ0v) is 11.5. The molecule has 3 N–H and O–H groups in total. The number of nitrogens with one attached hydrogen (secondary N) is 1. The number of hydrogen-bond donors (Lipinski definition) is 2. The Morgan fingerprint density at radius 2 is 1.89 bits per heavy atom. The van der Waals surface area contributed by atoms with E-state index in [9.17, 15) is 0 Å². The molecule has 0 aliphatic heterocycles. The maximum Gasteiger partial charge on any atom is 0.123 e. The Morgan fingerprint density at radius 3 is 2.56 bits per heavy atom. The Balaban J connectivity index is 2.41. The van der Waals surface area contributed by atoms with E-state index in [-0.39, 0.29) is 5.84 Å². The number of benzene rings is 2. The van der Waals surface area contributed by atoms with Crippen molar-refractivity contribution in [1.29, 1.82) is 5.41 Å². The number of nitrogens with two attached hydrogens (primary N) is 1. The van der Waals surface area contributed by atoms with Gasteiger partial charge in [0.05, 0.1) is 0 Å². The zero-order chi connectivity index (χ0) is 13.1. The summed E-state index contributed by atoms with van der Waals surface area (Å²) in [6.07, 6.45) is 0. The van der Waals surface area contributed by atoms with E-state index >= 15 is 0 Å². The molecule has 2 aromatic carbocycles. The second kappa shape index (κ2) is 5.46. The van der Waals surface area contributed by atoms with E-state index in [2.05, 4.69) is 19.1 Å². The number of amidine groups is 1. The fraction of sp³-hybridized carbons (Fsp3) is 0.0714. The number of halogens is 1.